The highest BCUT2D eigenvalue weighted by Crippen LogP contribution is 2.22. The van der Waals surface area contributed by atoms with E-state index in [1.165, 1.54) is 18.4 Å². The minimum absolute atomic E-state index is 0.810. The summed E-state index contributed by atoms with van der Waals surface area (Å²) in [5.74, 6) is 0. The van der Waals surface area contributed by atoms with Gasteiger partial charge in [-0.3, -0.25) is 0 Å². The average molecular weight is 315 g/mol. The molecule has 0 amide bonds. The molecule has 1 aromatic rings. The van der Waals surface area contributed by atoms with E-state index in [-0.39, 0.29) is 0 Å². The van der Waals surface area contributed by atoms with Gasteiger partial charge in [0.05, 0.1) is 0 Å². The Labute approximate surface area is 116 Å². The van der Waals surface area contributed by atoms with E-state index in [9.17, 15) is 0 Å². The lowest BCUT2D eigenvalue weighted by atomic mass is 10.1. The highest BCUT2D eigenvalue weighted by Gasteiger charge is 2.19. The summed E-state index contributed by atoms with van der Waals surface area (Å²) < 4.78 is 1.03. The van der Waals surface area contributed by atoms with Crippen LogP contribution in [-0.4, -0.2) is 12.6 Å². The maximum Gasteiger partial charge on any atom is 0.0452 e. The lowest BCUT2D eigenvalue weighted by molar-refractivity contribution is 0.690. The predicted octanol–water partition coefficient (Wildman–Crippen LogP) is 4.34. The zero-order valence-electron chi connectivity index (χ0n) is 9.76. The first-order chi connectivity index (χ1) is 8.25. The summed E-state index contributed by atoms with van der Waals surface area (Å²) in [6.07, 6.45) is 9.16. The van der Waals surface area contributed by atoms with Crippen molar-refractivity contribution in [3.8, 4) is 0 Å². The third kappa shape index (κ3) is 4.82. The Morgan fingerprint density at radius 1 is 1.35 bits per heavy atom. The molecule has 1 saturated carbocycles. The average Bonchev–Trinajstić information content (AvgIpc) is 3.09. The Morgan fingerprint density at radius 3 is 2.88 bits per heavy atom. The number of nitrogens with one attached hydrogen (secondary N) is 1. The van der Waals surface area contributed by atoms with Crippen LogP contribution in [0.15, 0.2) is 34.8 Å². The van der Waals surface area contributed by atoms with Crippen LogP contribution < -0.4 is 5.32 Å². The summed E-state index contributed by atoms with van der Waals surface area (Å²) in [6.45, 7) is 1.09. The molecule has 92 valence electrons. The first-order valence-corrected chi connectivity index (χ1v) is 7.25. The second-order valence-corrected chi connectivity index (χ2v) is 5.75. The molecule has 0 unspecified atom stereocenters. The van der Waals surface area contributed by atoms with Crippen molar-refractivity contribution in [2.75, 3.05) is 6.54 Å². The normalized spacial score (nSPS) is 15.6. The first-order valence-electron chi connectivity index (χ1n) is 6.08. The van der Waals surface area contributed by atoms with Gasteiger partial charge in [-0.2, -0.15) is 0 Å². The van der Waals surface area contributed by atoms with Gasteiger partial charge in [0.1, 0.15) is 0 Å². The van der Waals surface area contributed by atoms with Crippen molar-refractivity contribution < 1.29 is 0 Å². The summed E-state index contributed by atoms with van der Waals surface area (Å²) in [5.41, 5.74) is 1.18. The van der Waals surface area contributed by atoms with Gasteiger partial charge in [0.2, 0.25) is 0 Å². The Bertz CT molecular complexity index is 399. The zero-order valence-corrected chi connectivity index (χ0v) is 12.1. The Hall–Kier alpha value is -0.310. The molecule has 17 heavy (non-hydrogen) atoms. The van der Waals surface area contributed by atoms with Crippen LogP contribution >= 0.6 is 27.5 Å². The molecule has 1 nitrogen and oxygen atoms in total. The number of benzene rings is 1. The van der Waals surface area contributed by atoms with E-state index in [0.717, 1.165) is 34.9 Å². The number of rotatable bonds is 6. The molecule has 1 aliphatic carbocycles. The molecule has 1 fully saturated rings. The fourth-order valence-electron chi connectivity index (χ4n) is 1.67. The molecule has 1 aliphatic rings. The smallest absolute Gasteiger partial charge is 0.0452 e. The molecule has 3 heteroatoms. The van der Waals surface area contributed by atoms with Gasteiger partial charge in [0.15, 0.2) is 0 Å². The summed E-state index contributed by atoms with van der Waals surface area (Å²) in [5, 5.41) is 4.32. The third-order valence-corrected chi connectivity index (χ3v) is 3.69. The van der Waals surface area contributed by atoms with Gasteiger partial charge < -0.3 is 5.32 Å². The van der Waals surface area contributed by atoms with Gasteiger partial charge in [-0.05, 0) is 49.9 Å². The van der Waals surface area contributed by atoms with E-state index in [2.05, 4.69) is 39.5 Å². The van der Waals surface area contributed by atoms with Gasteiger partial charge in [0, 0.05) is 15.5 Å². The lowest BCUT2D eigenvalue weighted by Gasteiger charge is -2.01. The van der Waals surface area contributed by atoms with Crippen molar-refractivity contribution in [1.82, 2.24) is 5.32 Å². The maximum absolute atomic E-state index is 6.14. The SMILES string of the molecule is Clc1cc(Br)ccc1C/C=C/CCNC1CC1. The summed E-state index contributed by atoms with van der Waals surface area (Å²) in [6, 6.07) is 6.85. The van der Waals surface area contributed by atoms with E-state index in [0.29, 0.717) is 0 Å². The Kier molecular flexibility index (Phi) is 5.08. The van der Waals surface area contributed by atoms with E-state index < -0.39 is 0 Å². The van der Waals surface area contributed by atoms with Crippen LogP contribution in [0.3, 0.4) is 0 Å². The van der Waals surface area contributed by atoms with Crippen molar-refractivity contribution in [3.63, 3.8) is 0 Å². The molecule has 1 N–H and O–H groups in total. The van der Waals surface area contributed by atoms with E-state index in [1.54, 1.807) is 0 Å². The van der Waals surface area contributed by atoms with Gasteiger partial charge in [-0.25, -0.2) is 0 Å². The summed E-state index contributed by atoms with van der Waals surface area (Å²) in [4.78, 5) is 0. The topological polar surface area (TPSA) is 12.0 Å². The molecular weight excluding hydrogens is 298 g/mol. The number of hydrogen-bond donors (Lipinski definition) is 1. The zero-order chi connectivity index (χ0) is 12.1. The van der Waals surface area contributed by atoms with Crippen molar-refractivity contribution >= 4 is 27.5 Å². The van der Waals surface area contributed by atoms with E-state index in [4.69, 9.17) is 11.6 Å². The minimum atomic E-state index is 0.810. The first kappa shape index (κ1) is 13.1. The second-order valence-electron chi connectivity index (χ2n) is 4.43. The molecular formula is C14H17BrClN. The quantitative estimate of drug-likeness (QED) is 0.608. The van der Waals surface area contributed by atoms with Crippen molar-refractivity contribution in [2.24, 2.45) is 0 Å². The number of allylic oxidation sites excluding steroid dienone is 1. The molecule has 0 aliphatic heterocycles. The van der Waals surface area contributed by atoms with Crippen LogP contribution in [0.5, 0.6) is 0 Å². The largest absolute Gasteiger partial charge is 0.314 e. The van der Waals surface area contributed by atoms with Gasteiger partial charge in [-0.15, -0.1) is 0 Å². The van der Waals surface area contributed by atoms with Crippen LogP contribution in [0.2, 0.25) is 5.02 Å². The van der Waals surface area contributed by atoms with Gasteiger partial charge >= 0.3 is 0 Å². The predicted molar refractivity (Wildman–Crippen MR) is 77.6 cm³/mol. The van der Waals surface area contributed by atoms with Crippen LogP contribution in [0.1, 0.15) is 24.8 Å². The molecule has 1 aromatic carbocycles. The fraction of sp³-hybridized carbons (Fsp3) is 0.429. The van der Waals surface area contributed by atoms with Crippen LogP contribution in [0.4, 0.5) is 0 Å². The minimum Gasteiger partial charge on any atom is -0.314 e. The highest BCUT2D eigenvalue weighted by atomic mass is 79.9. The number of hydrogen-bond acceptors (Lipinski definition) is 1. The van der Waals surface area contributed by atoms with E-state index >= 15 is 0 Å². The summed E-state index contributed by atoms with van der Waals surface area (Å²) in [7, 11) is 0. The molecule has 0 radical (unpaired) electrons. The molecule has 0 atom stereocenters. The number of halogens is 2. The van der Waals surface area contributed by atoms with Crippen molar-refractivity contribution in [3.05, 3.63) is 45.4 Å². The van der Waals surface area contributed by atoms with Gasteiger partial charge in [0.25, 0.3) is 0 Å². The molecule has 0 bridgehead atoms. The Morgan fingerprint density at radius 2 is 2.18 bits per heavy atom. The molecule has 2 rings (SSSR count). The second kappa shape index (κ2) is 6.58. The molecule has 0 saturated heterocycles. The Balaban J connectivity index is 1.70. The highest BCUT2D eigenvalue weighted by molar-refractivity contribution is 9.10. The van der Waals surface area contributed by atoms with Crippen LogP contribution in [0.25, 0.3) is 0 Å². The monoisotopic (exact) mass is 313 g/mol. The van der Waals surface area contributed by atoms with Gasteiger partial charge in [-0.1, -0.05) is 45.7 Å². The molecule has 0 heterocycles. The fourth-order valence-corrected chi connectivity index (χ4v) is 2.42. The molecule has 0 aromatic heterocycles. The lowest BCUT2D eigenvalue weighted by Crippen LogP contribution is -2.16. The van der Waals surface area contributed by atoms with Crippen molar-refractivity contribution in [2.45, 2.75) is 31.7 Å². The summed E-state index contributed by atoms with van der Waals surface area (Å²) >= 11 is 9.55. The van der Waals surface area contributed by atoms with Crippen LogP contribution in [-0.2, 0) is 6.42 Å². The van der Waals surface area contributed by atoms with Crippen molar-refractivity contribution in [1.29, 1.82) is 0 Å². The third-order valence-electron chi connectivity index (χ3n) is 2.84. The maximum atomic E-state index is 6.14. The van der Waals surface area contributed by atoms with Crippen LogP contribution in [0, 0.1) is 0 Å². The standard InChI is InChI=1S/C14H17BrClN/c15-12-6-5-11(14(16)10-12)4-2-1-3-9-17-13-7-8-13/h1-2,5-6,10,13,17H,3-4,7-9H2/b2-1+. The molecule has 0 spiro atoms. The van der Waals surface area contributed by atoms with E-state index in [1.807, 2.05) is 12.1 Å².